The van der Waals surface area contributed by atoms with Gasteiger partial charge in [0.2, 0.25) is 5.89 Å². The minimum absolute atomic E-state index is 0.00284. The maximum Gasteiger partial charge on any atom is 0.329 e. The first kappa shape index (κ1) is 13.8. The molecule has 1 saturated heterocycles. The fraction of sp³-hybridized carbons (Fsp3) is 0.400. The van der Waals surface area contributed by atoms with Crippen molar-refractivity contribution in [3.8, 4) is 0 Å². The second-order valence-electron chi connectivity index (χ2n) is 4.26. The highest BCUT2D eigenvalue weighted by Gasteiger charge is 2.24. The van der Waals surface area contributed by atoms with Crippen molar-refractivity contribution in [2.24, 2.45) is 0 Å². The molecule has 3 heterocycles. The van der Waals surface area contributed by atoms with E-state index < -0.39 is 10.0 Å². The number of rotatable bonds is 4. The van der Waals surface area contributed by atoms with Gasteiger partial charge in [-0.3, -0.25) is 0 Å². The molecule has 1 fully saturated rings. The number of nitrogens with zero attached hydrogens (tertiary/aromatic N) is 2. The highest BCUT2D eigenvalue weighted by atomic mass is 35.5. The van der Waals surface area contributed by atoms with Gasteiger partial charge in [-0.25, -0.2) is 13.1 Å². The Hall–Kier alpha value is -1.16. The molecule has 2 N–H and O–H groups in total. The van der Waals surface area contributed by atoms with Crippen molar-refractivity contribution in [3.05, 3.63) is 22.4 Å². The highest BCUT2D eigenvalue weighted by Crippen LogP contribution is 2.28. The van der Waals surface area contributed by atoms with E-state index in [1.54, 1.807) is 0 Å². The Balaban J connectivity index is 1.77. The third kappa shape index (κ3) is 2.80. The van der Waals surface area contributed by atoms with Crippen LogP contribution < -0.4 is 10.0 Å². The van der Waals surface area contributed by atoms with Gasteiger partial charge in [0.05, 0.1) is 10.4 Å². The number of sulfonamides is 1. The van der Waals surface area contributed by atoms with E-state index in [1.807, 2.05) is 0 Å². The monoisotopic (exact) mass is 334 g/mol. The molecular weight excluding hydrogens is 324 g/mol. The van der Waals surface area contributed by atoms with Crippen molar-refractivity contribution in [3.63, 3.8) is 0 Å². The van der Waals surface area contributed by atoms with E-state index in [9.17, 15) is 8.42 Å². The minimum atomic E-state index is -3.74. The van der Waals surface area contributed by atoms with Gasteiger partial charge in [-0.2, -0.15) is 0 Å². The van der Waals surface area contributed by atoms with E-state index in [0.29, 0.717) is 10.2 Å². The third-order valence-corrected chi connectivity index (χ3v) is 5.88. The van der Waals surface area contributed by atoms with Crippen LogP contribution in [0.2, 0.25) is 4.34 Å². The van der Waals surface area contributed by atoms with E-state index in [1.165, 1.54) is 12.1 Å². The van der Waals surface area contributed by atoms with Crippen molar-refractivity contribution in [1.29, 1.82) is 0 Å². The number of hydrogen-bond donors (Lipinski definition) is 2. The predicted molar refractivity (Wildman–Crippen MR) is 74.4 cm³/mol. The lowest BCUT2D eigenvalue weighted by Gasteiger charge is -2.03. The average molecular weight is 335 g/mol. The summed E-state index contributed by atoms with van der Waals surface area (Å²) in [6, 6.07) is 2.79. The maximum atomic E-state index is 12.0. The van der Waals surface area contributed by atoms with Crippen LogP contribution in [0, 0.1) is 0 Å². The van der Waals surface area contributed by atoms with Crippen molar-refractivity contribution in [2.45, 2.75) is 23.1 Å². The molecule has 0 bridgehead atoms. The number of nitrogens with one attached hydrogen (secondary N) is 2. The van der Waals surface area contributed by atoms with Crippen LogP contribution in [0.3, 0.4) is 0 Å². The quantitative estimate of drug-likeness (QED) is 0.887. The van der Waals surface area contributed by atoms with Crippen LogP contribution in [0.25, 0.3) is 0 Å². The molecule has 0 saturated carbocycles. The molecule has 10 heteroatoms. The Bertz CT molecular complexity index is 706. The van der Waals surface area contributed by atoms with Gasteiger partial charge in [-0.15, -0.1) is 16.4 Å². The Morgan fingerprint density at radius 1 is 1.45 bits per heavy atom. The zero-order valence-electron chi connectivity index (χ0n) is 10.2. The zero-order chi connectivity index (χ0) is 14.2. The number of aromatic nitrogens is 2. The zero-order valence-corrected chi connectivity index (χ0v) is 12.6. The van der Waals surface area contributed by atoms with Crippen LogP contribution >= 0.6 is 22.9 Å². The van der Waals surface area contributed by atoms with Crippen LogP contribution in [-0.2, 0) is 10.0 Å². The number of thiophene rings is 1. The summed E-state index contributed by atoms with van der Waals surface area (Å²) >= 11 is 6.69. The van der Waals surface area contributed by atoms with Gasteiger partial charge in [0.1, 0.15) is 4.21 Å². The van der Waals surface area contributed by atoms with E-state index in [0.717, 1.165) is 30.7 Å². The molecule has 0 amide bonds. The van der Waals surface area contributed by atoms with Gasteiger partial charge >= 0.3 is 6.01 Å². The summed E-state index contributed by atoms with van der Waals surface area (Å²) in [4.78, 5) is 0. The van der Waals surface area contributed by atoms with Crippen molar-refractivity contribution in [2.75, 3.05) is 11.3 Å². The summed E-state index contributed by atoms with van der Waals surface area (Å²) in [5.41, 5.74) is 0. The second kappa shape index (κ2) is 5.32. The van der Waals surface area contributed by atoms with Crippen LogP contribution in [-0.4, -0.2) is 25.2 Å². The maximum absolute atomic E-state index is 12.0. The van der Waals surface area contributed by atoms with Crippen molar-refractivity contribution < 1.29 is 12.8 Å². The molecule has 0 radical (unpaired) electrons. The fourth-order valence-electron chi connectivity index (χ4n) is 1.92. The first-order valence-corrected chi connectivity index (χ1v) is 8.57. The molecule has 7 nitrogen and oxygen atoms in total. The van der Waals surface area contributed by atoms with Crippen molar-refractivity contribution >= 4 is 39.0 Å². The highest BCUT2D eigenvalue weighted by molar-refractivity contribution is 7.94. The average Bonchev–Trinajstić information content (AvgIpc) is 3.06. The molecule has 1 aliphatic rings. The Morgan fingerprint density at radius 3 is 2.95 bits per heavy atom. The lowest BCUT2D eigenvalue weighted by Crippen LogP contribution is -2.13. The molecule has 1 unspecified atom stereocenters. The second-order valence-corrected chi connectivity index (χ2v) is 7.88. The number of halogens is 1. The Kier molecular flexibility index (Phi) is 3.67. The van der Waals surface area contributed by atoms with E-state index in [2.05, 4.69) is 20.2 Å². The van der Waals surface area contributed by atoms with Gasteiger partial charge in [0.15, 0.2) is 0 Å². The summed E-state index contributed by atoms with van der Waals surface area (Å²) in [5, 5.41) is 10.8. The lowest BCUT2D eigenvalue weighted by atomic mass is 10.2. The normalized spacial score (nSPS) is 19.4. The molecule has 1 aliphatic heterocycles. The van der Waals surface area contributed by atoms with Gasteiger partial charge in [0.25, 0.3) is 10.0 Å². The van der Waals surface area contributed by atoms with Gasteiger partial charge < -0.3 is 9.73 Å². The molecule has 108 valence electrons. The summed E-state index contributed by atoms with van der Waals surface area (Å²) in [6.45, 7) is 0.891. The van der Waals surface area contributed by atoms with Crippen molar-refractivity contribution in [1.82, 2.24) is 15.5 Å². The third-order valence-electron chi connectivity index (χ3n) is 2.83. The molecule has 1 atom stereocenters. The smallest absolute Gasteiger partial charge is 0.329 e. The fourth-order valence-corrected chi connectivity index (χ4v) is 4.33. The van der Waals surface area contributed by atoms with E-state index >= 15 is 0 Å². The molecule has 2 aromatic heterocycles. The molecule has 2 aromatic rings. The molecular formula is C10H11ClN4O3S2. The molecule has 0 aromatic carbocycles. The molecule has 3 rings (SSSR count). The van der Waals surface area contributed by atoms with Gasteiger partial charge in [-0.1, -0.05) is 16.7 Å². The van der Waals surface area contributed by atoms with Crippen LogP contribution in [0.4, 0.5) is 6.01 Å². The first-order valence-electron chi connectivity index (χ1n) is 5.89. The summed E-state index contributed by atoms with van der Waals surface area (Å²) < 4.78 is 32.2. The van der Waals surface area contributed by atoms with Crippen LogP contribution in [0.5, 0.6) is 0 Å². The molecule has 0 spiro atoms. The van der Waals surface area contributed by atoms with E-state index in [-0.39, 0.29) is 16.3 Å². The standard InChI is InChI=1S/C10H11ClN4O3S2/c11-7-3-4-8(19-7)20(16,17)15-10-14-13-9(18-10)6-2-1-5-12-6/h3-4,6,12H,1-2,5H2,(H,14,15). The Morgan fingerprint density at radius 2 is 2.30 bits per heavy atom. The Labute approximate surface area is 124 Å². The number of anilines is 1. The van der Waals surface area contributed by atoms with Gasteiger partial charge in [0, 0.05) is 0 Å². The largest absolute Gasteiger partial charge is 0.406 e. The lowest BCUT2D eigenvalue weighted by molar-refractivity contribution is 0.439. The minimum Gasteiger partial charge on any atom is -0.406 e. The topological polar surface area (TPSA) is 97.1 Å². The number of hydrogen-bond acceptors (Lipinski definition) is 7. The molecule has 20 heavy (non-hydrogen) atoms. The summed E-state index contributed by atoms with van der Waals surface area (Å²) in [5.74, 6) is 0.393. The molecule has 0 aliphatic carbocycles. The summed E-state index contributed by atoms with van der Waals surface area (Å²) in [7, 11) is -3.74. The first-order chi connectivity index (χ1) is 9.54. The summed E-state index contributed by atoms with van der Waals surface area (Å²) in [6.07, 6.45) is 1.93. The SMILES string of the molecule is O=S(=O)(Nc1nnc(C2CCCN2)o1)c1ccc(Cl)s1. The van der Waals surface area contributed by atoms with Gasteiger partial charge in [-0.05, 0) is 31.5 Å². The predicted octanol–water partition coefficient (Wildman–Crippen LogP) is 2.01. The van der Waals surface area contributed by atoms with E-state index in [4.69, 9.17) is 16.0 Å². The van der Waals surface area contributed by atoms with Crippen LogP contribution in [0.15, 0.2) is 20.8 Å². The van der Waals surface area contributed by atoms with Crippen LogP contribution in [0.1, 0.15) is 24.8 Å².